The Balaban J connectivity index is 2.19. The number of nitrogens with two attached hydrogens (primary N) is 2. The highest BCUT2D eigenvalue weighted by atomic mass is 32.3. The largest absolute Gasteiger partial charge is 0.399 e. The molecular formula is C9H11N5O2S2. The second kappa shape index (κ2) is 4.52. The van der Waals surface area contributed by atoms with Gasteiger partial charge in [0.15, 0.2) is 0 Å². The zero-order valence-electron chi connectivity index (χ0n) is 9.11. The van der Waals surface area contributed by atoms with Crippen molar-refractivity contribution in [3.63, 3.8) is 0 Å². The molecule has 1 aromatic heterocycles. The number of rotatable bonds is 2. The molecule has 96 valence electrons. The Morgan fingerprint density at radius 2 is 1.89 bits per heavy atom. The van der Waals surface area contributed by atoms with E-state index in [1.165, 1.54) is 4.79 Å². The highest BCUT2D eigenvalue weighted by Gasteiger charge is 2.11. The number of sulfonamides is 1. The first-order valence-electron chi connectivity index (χ1n) is 4.80. The molecule has 2 aromatic rings. The Morgan fingerprint density at radius 1 is 1.33 bits per heavy atom. The molecule has 0 aliphatic rings. The van der Waals surface area contributed by atoms with Gasteiger partial charge in [0.2, 0.25) is 4.38 Å². The van der Waals surface area contributed by atoms with Gasteiger partial charge in [0, 0.05) is 11.3 Å². The topological polar surface area (TPSA) is 119 Å². The van der Waals surface area contributed by atoms with Crippen molar-refractivity contribution in [1.29, 1.82) is 0 Å². The molecule has 5 N–H and O–H groups in total. The van der Waals surface area contributed by atoms with Crippen LogP contribution in [0.4, 0.5) is 5.69 Å². The molecule has 0 saturated heterocycles. The highest BCUT2D eigenvalue weighted by molar-refractivity contribution is 8.26. The lowest BCUT2D eigenvalue weighted by Crippen LogP contribution is -2.21. The van der Waals surface area contributed by atoms with Crippen LogP contribution in [0.5, 0.6) is 0 Å². The lowest BCUT2D eigenvalue weighted by molar-refractivity contribution is 0.607. The molecule has 0 unspecified atom stereocenters. The van der Waals surface area contributed by atoms with Gasteiger partial charge in [-0.2, -0.15) is 4.79 Å². The van der Waals surface area contributed by atoms with Crippen LogP contribution in [0.15, 0.2) is 35.6 Å². The minimum atomic E-state index is -3.88. The molecular weight excluding hydrogens is 274 g/mol. The number of nitrogen functional groups attached to an aromatic ring is 1. The van der Waals surface area contributed by atoms with E-state index in [0.29, 0.717) is 5.69 Å². The number of benzene rings is 1. The molecule has 0 radical (unpaired) electrons. The van der Waals surface area contributed by atoms with E-state index >= 15 is 0 Å². The Hall–Kier alpha value is -1.71. The van der Waals surface area contributed by atoms with Crippen LogP contribution >= 0.6 is 12.6 Å². The molecule has 0 amide bonds. The molecule has 0 spiro atoms. The van der Waals surface area contributed by atoms with Gasteiger partial charge in [-0.1, -0.05) is 12.1 Å². The Labute approximate surface area is 109 Å². The van der Waals surface area contributed by atoms with Gasteiger partial charge in [0.25, 0.3) is 10.0 Å². The van der Waals surface area contributed by atoms with Gasteiger partial charge in [0.1, 0.15) is 0 Å². The normalized spacial score (nSPS) is 12.9. The van der Waals surface area contributed by atoms with Gasteiger partial charge < -0.3 is 5.73 Å². The molecule has 0 bridgehead atoms. The lowest BCUT2D eigenvalue weighted by atomic mass is 10.1. The van der Waals surface area contributed by atoms with Crippen molar-refractivity contribution in [2.24, 2.45) is 10.2 Å². The van der Waals surface area contributed by atoms with Gasteiger partial charge in [-0.05, 0) is 12.1 Å². The van der Waals surface area contributed by atoms with Gasteiger partial charge in [-0.3, -0.25) is 5.10 Å². The second-order valence-electron chi connectivity index (χ2n) is 3.55. The van der Waals surface area contributed by atoms with Crippen LogP contribution in [-0.2, 0) is 10.0 Å². The fourth-order valence-electron chi connectivity index (χ4n) is 1.25. The van der Waals surface area contributed by atoms with E-state index in [4.69, 9.17) is 10.9 Å². The third kappa shape index (κ3) is 2.75. The molecule has 18 heavy (non-hydrogen) atoms. The quantitative estimate of drug-likeness (QED) is 0.277. The molecule has 0 saturated carbocycles. The molecule has 2 rings (SSSR count). The van der Waals surface area contributed by atoms with Crippen LogP contribution in [0.2, 0.25) is 0 Å². The number of aromatic amines is 1. The molecule has 0 aliphatic heterocycles. The number of primary sulfonamides is 1. The number of thiol groups is 1. The summed E-state index contributed by atoms with van der Waals surface area (Å²) in [6, 6.07) is 7.18. The second-order valence-corrected chi connectivity index (χ2v) is 5.75. The van der Waals surface area contributed by atoms with E-state index in [1.807, 2.05) is 12.1 Å². The van der Waals surface area contributed by atoms with Crippen molar-refractivity contribution in [3.05, 3.63) is 30.5 Å². The predicted octanol–water partition coefficient (Wildman–Crippen LogP) is 0.403. The molecule has 9 heteroatoms. The van der Waals surface area contributed by atoms with Crippen molar-refractivity contribution in [2.45, 2.75) is 0 Å². The predicted molar refractivity (Wildman–Crippen MR) is 73.6 cm³/mol. The molecule has 1 heterocycles. The summed E-state index contributed by atoms with van der Waals surface area (Å²) < 4.78 is 21.3. The van der Waals surface area contributed by atoms with E-state index in [0.717, 1.165) is 11.3 Å². The maximum Gasteiger partial charge on any atom is 0.263 e. The van der Waals surface area contributed by atoms with Crippen molar-refractivity contribution in [3.8, 4) is 11.3 Å². The Morgan fingerprint density at radius 3 is 2.39 bits per heavy atom. The zero-order chi connectivity index (χ0) is 13.3. The average Bonchev–Trinajstić information content (AvgIpc) is 2.23. The van der Waals surface area contributed by atoms with E-state index in [1.54, 1.807) is 18.3 Å². The monoisotopic (exact) mass is 285 g/mol. The SMILES string of the molecule is Nc1ccc(-c2cn(/N=C(\S)S(N)(=O)=O)[nH]2)cc1. The fraction of sp³-hybridized carbons (Fsp3) is 0. The molecule has 0 fully saturated rings. The average molecular weight is 285 g/mol. The molecule has 0 aliphatic carbocycles. The molecule has 1 aromatic carbocycles. The van der Waals surface area contributed by atoms with Crippen molar-refractivity contribution in [2.75, 3.05) is 5.73 Å². The van der Waals surface area contributed by atoms with Crippen LogP contribution in [-0.4, -0.2) is 22.7 Å². The van der Waals surface area contributed by atoms with Gasteiger partial charge in [-0.25, -0.2) is 13.6 Å². The third-order valence-electron chi connectivity index (χ3n) is 2.16. The summed E-state index contributed by atoms with van der Waals surface area (Å²) in [6.07, 6.45) is 1.60. The summed E-state index contributed by atoms with van der Waals surface area (Å²) in [7, 11) is -3.88. The van der Waals surface area contributed by atoms with Gasteiger partial charge >= 0.3 is 0 Å². The lowest BCUT2D eigenvalue weighted by Gasteiger charge is -2.11. The van der Waals surface area contributed by atoms with E-state index in [9.17, 15) is 8.42 Å². The van der Waals surface area contributed by atoms with Gasteiger partial charge in [0.05, 0.1) is 11.9 Å². The minimum Gasteiger partial charge on any atom is -0.399 e. The zero-order valence-corrected chi connectivity index (χ0v) is 10.8. The first-order valence-corrected chi connectivity index (χ1v) is 6.79. The van der Waals surface area contributed by atoms with Crippen LogP contribution in [0.1, 0.15) is 0 Å². The maximum atomic E-state index is 10.9. The first kappa shape index (κ1) is 12.7. The number of aromatic nitrogens is 2. The van der Waals surface area contributed by atoms with Crippen molar-refractivity contribution in [1.82, 2.24) is 9.89 Å². The van der Waals surface area contributed by atoms with Gasteiger partial charge in [-0.15, -0.1) is 17.7 Å². The number of H-pyrrole nitrogens is 1. The Bertz CT molecular complexity index is 669. The fourth-order valence-corrected chi connectivity index (χ4v) is 1.54. The number of nitrogens with one attached hydrogen (secondary N) is 1. The summed E-state index contributed by atoms with van der Waals surface area (Å²) in [5.74, 6) is 0. The van der Waals surface area contributed by atoms with Crippen LogP contribution in [0.3, 0.4) is 0 Å². The number of hydrogen-bond donors (Lipinski definition) is 4. The minimum absolute atomic E-state index is 0.470. The van der Waals surface area contributed by atoms with Crippen molar-refractivity contribution >= 4 is 32.7 Å². The summed E-state index contributed by atoms with van der Waals surface area (Å²) in [4.78, 5) is 1.21. The van der Waals surface area contributed by atoms with Crippen molar-refractivity contribution < 1.29 is 8.42 Å². The standard InChI is InChI=1S/C9H11N5O2S2/c10-7-3-1-6(2-4-7)8-5-14(12-8)13-9(17)18(11,15)16/h1-5,12H,10H2,(H,13,17)(H2,11,15,16). The maximum absolute atomic E-state index is 10.9. The number of anilines is 1. The summed E-state index contributed by atoms with van der Waals surface area (Å²) >= 11 is 3.68. The third-order valence-corrected chi connectivity index (χ3v) is 3.60. The van der Waals surface area contributed by atoms with Crippen LogP contribution < -0.4 is 10.9 Å². The highest BCUT2D eigenvalue weighted by Crippen LogP contribution is 2.19. The van der Waals surface area contributed by atoms with E-state index < -0.39 is 14.4 Å². The molecule has 0 atom stereocenters. The first-order chi connectivity index (χ1) is 8.36. The van der Waals surface area contributed by atoms with Crippen LogP contribution in [0.25, 0.3) is 11.3 Å². The summed E-state index contributed by atoms with van der Waals surface area (Å²) in [5, 5.41) is 11.3. The smallest absolute Gasteiger partial charge is 0.263 e. The Kier molecular flexibility index (Phi) is 3.20. The molecule has 7 nitrogen and oxygen atoms in total. The summed E-state index contributed by atoms with van der Waals surface area (Å²) in [6.45, 7) is 0. The van der Waals surface area contributed by atoms with Crippen LogP contribution in [0, 0.1) is 0 Å². The summed E-state index contributed by atoms with van der Waals surface area (Å²) in [5.41, 5.74) is 7.93. The van der Waals surface area contributed by atoms with E-state index in [-0.39, 0.29) is 0 Å². The number of hydrogen-bond acceptors (Lipinski definition) is 4. The number of nitrogens with zero attached hydrogens (tertiary/aromatic N) is 2. The van der Waals surface area contributed by atoms with E-state index in [2.05, 4.69) is 22.8 Å².